The van der Waals surface area contributed by atoms with Gasteiger partial charge in [-0.05, 0) is 12.1 Å². The Bertz CT molecular complexity index is 455. The fourth-order valence-corrected chi connectivity index (χ4v) is 2.58. The molecule has 94 valence electrons. The summed E-state index contributed by atoms with van der Waals surface area (Å²) >= 11 is 0. The molecule has 1 aromatic rings. The van der Waals surface area contributed by atoms with E-state index in [0.29, 0.717) is 11.7 Å². The standard InChI is InChI=1S/C13H17N5/c14-8-11-2-1-3-13(16-11)18-9-12(10-18)17-6-4-15-5-7-17/h1-3,12,15H,4-7,9-10H2. The summed E-state index contributed by atoms with van der Waals surface area (Å²) in [5.74, 6) is 0.931. The van der Waals surface area contributed by atoms with Crippen LogP contribution in [0.15, 0.2) is 18.2 Å². The van der Waals surface area contributed by atoms with E-state index in [1.54, 1.807) is 6.07 Å². The molecule has 18 heavy (non-hydrogen) atoms. The third kappa shape index (κ3) is 2.17. The van der Waals surface area contributed by atoms with Crippen molar-refractivity contribution in [3.63, 3.8) is 0 Å². The van der Waals surface area contributed by atoms with E-state index in [2.05, 4.69) is 26.2 Å². The summed E-state index contributed by atoms with van der Waals surface area (Å²) in [6.45, 7) is 6.54. The smallest absolute Gasteiger partial charge is 0.142 e. The van der Waals surface area contributed by atoms with Crippen LogP contribution in [0.4, 0.5) is 5.82 Å². The van der Waals surface area contributed by atoms with Crippen molar-refractivity contribution in [1.82, 2.24) is 15.2 Å². The van der Waals surface area contributed by atoms with Crippen molar-refractivity contribution in [2.24, 2.45) is 0 Å². The first-order chi connectivity index (χ1) is 8.86. The normalized spacial score (nSPS) is 21.4. The summed E-state index contributed by atoms with van der Waals surface area (Å²) < 4.78 is 0. The van der Waals surface area contributed by atoms with Crippen LogP contribution >= 0.6 is 0 Å². The van der Waals surface area contributed by atoms with Crippen LogP contribution in [0, 0.1) is 11.3 Å². The molecule has 5 nitrogen and oxygen atoms in total. The van der Waals surface area contributed by atoms with Crippen LogP contribution in [0.2, 0.25) is 0 Å². The molecule has 0 spiro atoms. The summed E-state index contributed by atoms with van der Waals surface area (Å²) in [6.07, 6.45) is 0. The quantitative estimate of drug-likeness (QED) is 0.795. The number of hydrogen-bond acceptors (Lipinski definition) is 5. The highest BCUT2D eigenvalue weighted by Crippen LogP contribution is 2.22. The minimum Gasteiger partial charge on any atom is -0.353 e. The average molecular weight is 243 g/mol. The van der Waals surface area contributed by atoms with Gasteiger partial charge >= 0.3 is 0 Å². The molecule has 1 aromatic heterocycles. The number of anilines is 1. The summed E-state index contributed by atoms with van der Waals surface area (Å²) in [5.41, 5.74) is 0.498. The Kier molecular flexibility index (Phi) is 3.13. The van der Waals surface area contributed by atoms with Gasteiger partial charge in [0.2, 0.25) is 0 Å². The van der Waals surface area contributed by atoms with Gasteiger partial charge in [0, 0.05) is 45.3 Å². The van der Waals surface area contributed by atoms with E-state index in [1.165, 1.54) is 0 Å². The van der Waals surface area contributed by atoms with Gasteiger partial charge in [0.25, 0.3) is 0 Å². The van der Waals surface area contributed by atoms with Crippen LogP contribution in [0.3, 0.4) is 0 Å². The molecule has 3 heterocycles. The molecule has 0 unspecified atom stereocenters. The second-order valence-electron chi connectivity index (χ2n) is 4.84. The summed E-state index contributed by atoms with van der Waals surface area (Å²) in [4.78, 5) is 9.11. The number of aromatic nitrogens is 1. The van der Waals surface area contributed by atoms with Gasteiger partial charge < -0.3 is 10.2 Å². The summed E-state index contributed by atoms with van der Waals surface area (Å²) in [7, 11) is 0. The third-order valence-corrected chi connectivity index (χ3v) is 3.70. The van der Waals surface area contributed by atoms with Crippen molar-refractivity contribution in [2.45, 2.75) is 6.04 Å². The lowest BCUT2D eigenvalue weighted by molar-refractivity contribution is 0.147. The van der Waals surface area contributed by atoms with E-state index in [1.807, 2.05) is 12.1 Å². The van der Waals surface area contributed by atoms with E-state index in [4.69, 9.17) is 5.26 Å². The van der Waals surface area contributed by atoms with Crippen LogP contribution in [-0.2, 0) is 0 Å². The number of hydrogen-bond donors (Lipinski definition) is 1. The van der Waals surface area contributed by atoms with E-state index in [9.17, 15) is 0 Å². The van der Waals surface area contributed by atoms with E-state index < -0.39 is 0 Å². The molecule has 3 rings (SSSR count). The highest BCUT2D eigenvalue weighted by Gasteiger charge is 2.32. The van der Waals surface area contributed by atoms with Crippen LogP contribution in [0.1, 0.15) is 5.69 Å². The van der Waals surface area contributed by atoms with Crippen LogP contribution < -0.4 is 10.2 Å². The minimum absolute atomic E-state index is 0.498. The second kappa shape index (κ2) is 4.92. The zero-order valence-electron chi connectivity index (χ0n) is 10.3. The van der Waals surface area contributed by atoms with Crippen molar-refractivity contribution in [3.8, 4) is 6.07 Å². The second-order valence-corrected chi connectivity index (χ2v) is 4.84. The summed E-state index contributed by atoms with van der Waals surface area (Å²) in [5, 5.41) is 12.2. The van der Waals surface area contributed by atoms with Crippen LogP contribution in [0.5, 0.6) is 0 Å². The third-order valence-electron chi connectivity index (χ3n) is 3.70. The van der Waals surface area contributed by atoms with Crippen LogP contribution in [0.25, 0.3) is 0 Å². The molecule has 2 saturated heterocycles. The molecule has 0 aliphatic carbocycles. The number of nitrogens with zero attached hydrogens (tertiary/aromatic N) is 4. The molecule has 0 saturated carbocycles. The van der Waals surface area contributed by atoms with E-state index in [-0.39, 0.29) is 0 Å². The molecule has 0 amide bonds. The van der Waals surface area contributed by atoms with Gasteiger partial charge in [0.05, 0.1) is 0 Å². The first-order valence-corrected chi connectivity index (χ1v) is 6.44. The van der Waals surface area contributed by atoms with Crippen LogP contribution in [-0.4, -0.2) is 55.2 Å². The molecule has 0 aromatic carbocycles. The van der Waals surface area contributed by atoms with Crippen molar-refractivity contribution in [3.05, 3.63) is 23.9 Å². The largest absolute Gasteiger partial charge is 0.353 e. The van der Waals surface area contributed by atoms with Crippen molar-refractivity contribution in [2.75, 3.05) is 44.2 Å². The summed E-state index contributed by atoms with van der Waals surface area (Å²) in [6, 6.07) is 8.37. The maximum atomic E-state index is 8.84. The SMILES string of the molecule is N#Cc1cccc(N2CC(N3CCNCC3)C2)n1. The Labute approximate surface area is 107 Å². The van der Waals surface area contributed by atoms with E-state index >= 15 is 0 Å². The van der Waals surface area contributed by atoms with Crippen molar-refractivity contribution in [1.29, 1.82) is 5.26 Å². The molecule has 0 bridgehead atoms. The van der Waals surface area contributed by atoms with Crippen molar-refractivity contribution < 1.29 is 0 Å². The molecule has 2 fully saturated rings. The predicted octanol–water partition coefficient (Wildman–Crippen LogP) is 0.0471. The molecule has 0 atom stereocenters. The first-order valence-electron chi connectivity index (χ1n) is 6.44. The molecular formula is C13H17N5. The number of piperazine rings is 1. The van der Waals surface area contributed by atoms with E-state index in [0.717, 1.165) is 45.1 Å². The highest BCUT2D eigenvalue weighted by atomic mass is 15.3. The fraction of sp³-hybridized carbons (Fsp3) is 0.538. The monoisotopic (exact) mass is 243 g/mol. The van der Waals surface area contributed by atoms with Crippen molar-refractivity contribution >= 4 is 5.82 Å². The lowest BCUT2D eigenvalue weighted by Crippen LogP contribution is -2.63. The predicted molar refractivity (Wildman–Crippen MR) is 69.4 cm³/mol. The molecular weight excluding hydrogens is 226 g/mol. The zero-order valence-corrected chi connectivity index (χ0v) is 10.3. The Hall–Kier alpha value is -1.64. The van der Waals surface area contributed by atoms with Gasteiger partial charge in [0.15, 0.2) is 0 Å². The zero-order chi connectivity index (χ0) is 12.4. The highest BCUT2D eigenvalue weighted by molar-refractivity contribution is 5.44. The maximum absolute atomic E-state index is 8.84. The lowest BCUT2D eigenvalue weighted by Gasteiger charge is -2.47. The number of nitrogens with one attached hydrogen (secondary N) is 1. The Morgan fingerprint density at radius 3 is 2.78 bits per heavy atom. The number of pyridine rings is 1. The average Bonchev–Trinajstić information content (AvgIpc) is 2.39. The fourth-order valence-electron chi connectivity index (χ4n) is 2.58. The van der Waals surface area contributed by atoms with Gasteiger partial charge in [-0.15, -0.1) is 0 Å². The Balaban J connectivity index is 1.59. The molecule has 1 N–H and O–H groups in total. The van der Waals surface area contributed by atoms with Gasteiger partial charge in [-0.1, -0.05) is 6.07 Å². The maximum Gasteiger partial charge on any atom is 0.142 e. The van der Waals surface area contributed by atoms with Gasteiger partial charge in [-0.2, -0.15) is 5.26 Å². The number of rotatable bonds is 2. The molecule has 5 heteroatoms. The van der Waals surface area contributed by atoms with Gasteiger partial charge in [-0.3, -0.25) is 4.90 Å². The van der Waals surface area contributed by atoms with Gasteiger partial charge in [0.1, 0.15) is 17.6 Å². The molecule has 0 radical (unpaired) electrons. The first kappa shape index (κ1) is 11.5. The minimum atomic E-state index is 0.498. The van der Waals surface area contributed by atoms with Gasteiger partial charge in [-0.25, -0.2) is 4.98 Å². The molecule has 2 aliphatic heterocycles. The Morgan fingerprint density at radius 2 is 2.06 bits per heavy atom. The Morgan fingerprint density at radius 1 is 1.28 bits per heavy atom. The topological polar surface area (TPSA) is 55.2 Å². The lowest BCUT2D eigenvalue weighted by atomic mass is 10.1. The number of nitriles is 1. The molecule has 2 aliphatic rings.